The Kier molecular flexibility index (Phi) is 5.97. The van der Waals surface area contributed by atoms with Crippen molar-refractivity contribution in [1.82, 2.24) is 9.78 Å². The van der Waals surface area contributed by atoms with Gasteiger partial charge >= 0.3 is 16.1 Å². The van der Waals surface area contributed by atoms with Crippen LogP contribution in [0.1, 0.15) is 23.0 Å². The molecule has 0 saturated heterocycles. The van der Waals surface area contributed by atoms with Crippen molar-refractivity contribution < 1.29 is 26.5 Å². The zero-order valence-electron chi connectivity index (χ0n) is 16.0. The number of ether oxygens (including phenoxy) is 1. The van der Waals surface area contributed by atoms with E-state index in [9.17, 15) is 22.4 Å². The van der Waals surface area contributed by atoms with Gasteiger partial charge in [-0.3, -0.25) is 4.79 Å². The fourth-order valence-corrected chi connectivity index (χ4v) is 3.41. The van der Waals surface area contributed by atoms with Gasteiger partial charge < -0.3 is 8.92 Å². The zero-order valence-corrected chi connectivity index (χ0v) is 16.8. The molecule has 0 N–H and O–H groups in total. The third kappa shape index (κ3) is 4.54. The molecule has 3 rings (SSSR count). The van der Waals surface area contributed by atoms with Gasteiger partial charge in [-0.2, -0.15) is 18.2 Å². The van der Waals surface area contributed by atoms with Gasteiger partial charge in [0, 0.05) is 0 Å². The monoisotopic (exact) mass is 432 g/mol. The molecule has 10 heteroatoms. The lowest BCUT2D eigenvalue weighted by atomic mass is 10.2. The average Bonchev–Trinajstić information content (AvgIpc) is 2.69. The van der Waals surface area contributed by atoms with E-state index in [1.165, 1.54) is 24.3 Å². The van der Waals surface area contributed by atoms with E-state index in [0.29, 0.717) is 0 Å². The number of benzene rings is 2. The van der Waals surface area contributed by atoms with Crippen molar-refractivity contribution in [2.75, 3.05) is 6.61 Å². The number of hydrogen-bond donors (Lipinski definition) is 0. The van der Waals surface area contributed by atoms with Crippen molar-refractivity contribution in [1.29, 1.82) is 0 Å². The predicted molar refractivity (Wildman–Crippen MR) is 105 cm³/mol. The van der Waals surface area contributed by atoms with Crippen molar-refractivity contribution in [3.8, 4) is 11.4 Å². The molecule has 0 fully saturated rings. The standard InChI is InChI=1S/C20H17FN2O6S/c1-3-28-20(25)19-17(29-30(26,27)16-10-4-13(2)5-11-16)12-18(24)23(22-19)15-8-6-14(21)7-9-15/h4-12H,3H2,1-2H3. The highest BCUT2D eigenvalue weighted by Gasteiger charge is 2.25. The Hall–Kier alpha value is -3.53. The number of hydrogen-bond acceptors (Lipinski definition) is 7. The molecule has 0 unspecified atom stereocenters. The number of nitrogens with zero attached hydrogens (tertiary/aromatic N) is 2. The number of halogens is 1. The lowest BCUT2D eigenvalue weighted by molar-refractivity contribution is 0.0515. The molecule has 1 heterocycles. The third-order valence-electron chi connectivity index (χ3n) is 3.95. The first-order valence-corrected chi connectivity index (χ1v) is 10.2. The molecule has 1 aromatic heterocycles. The van der Waals surface area contributed by atoms with Gasteiger partial charge in [0.2, 0.25) is 5.69 Å². The molecule has 0 aliphatic rings. The molecule has 2 aromatic carbocycles. The van der Waals surface area contributed by atoms with Crippen molar-refractivity contribution in [3.63, 3.8) is 0 Å². The summed E-state index contributed by atoms with van der Waals surface area (Å²) in [6.45, 7) is 3.33. The van der Waals surface area contributed by atoms with Crippen molar-refractivity contribution >= 4 is 16.1 Å². The minimum atomic E-state index is -4.35. The first-order chi connectivity index (χ1) is 14.2. The van der Waals surface area contributed by atoms with Gasteiger partial charge in [0.05, 0.1) is 18.4 Å². The third-order valence-corrected chi connectivity index (χ3v) is 5.19. The van der Waals surface area contributed by atoms with Crippen LogP contribution in [-0.2, 0) is 14.9 Å². The van der Waals surface area contributed by atoms with Gasteiger partial charge in [0.1, 0.15) is 10.7 Å². The summed E-state index contributed by atoms with van der Waals surface area (Å²) in [7, 11) is -4.35. The fraction of sp³-hybridized carbons (Fsp3) is 0.150. The molecule has 0 atom stereocenters. The van der Waals surface area contributed by atoms with Gasteiger partial charge in [-0.1, -0.05) is 17.7 Å². The minimum absolute atomic E-state index is 0.0136. The molecule has 0 spiro atoms. The summed E-state index contributed by atoms with van der Waals surface area (Å²) in [6, 6.07) is 11.4. The zero-order chi connectivity index (χ0) is 21.9. The number of carbonyl (C=O) groups is 1. The summed E-state index contributed by atoms with van der Waals surface area (Å²) in [4.78, 5) is 24.7. The van der Waals surface area contributed by atoms with Gasteiger partial charge in [0.25, 0.3) is 5.56 Å². The van der Waals surface area contributed by atoms with Crippen LogP contribution >= 0.6 is 0 Å². The maximum Gasteiger partial charge on any atom is 0.362 e. The van der Waals surface area contributed by atoms with E-state index in [1.807, 2.05) is 0 Å². The molecule has 0 amide bonds. The summed E-state index contributed by atoms with van der Waals surface area (Å²) in [5, 5.41) is 3.90. The highest BCUT2D eigenvalue weighted by molar-refractivity contribution is 7.87. The summed E-state index contributed by atoms with van der Waals surface area (Å²) in [5.74, 6) is -2.08. The SMILES string of the molecule is CCOC(=O)c1nn(-c2ccc(F)cc2)c(=O)cc1OS(=O)(=O)c1ccc(C)cc1. The van der Waals surface area contributed by atoms with Gasteiger partial charge in [-0.25, -0.2) is 9.18 Å². The van der Waals surface area contributed by atoms with Gasteiger partial charge in [-0.15, -0.1) is 0 Å². The Morgan fingerprint density at radius 2 is 1.73 bits per heavy atom. The molecule has 3 aromatic rings. The van der Waals surface area contributed by atoms with Gasteiger partial charge in [-0.05, 0) is 50.2 Å². The van der Waals surface area contributed by atoms with Crippen LogP contribution < -0.4 is 9.74 Å². The lowest BCUT2D eigenvalue weighted by Gasteiger charge is -2.12. The molecule has 30 heavy (non-hydrogen) atoms. The Morgan fingerprint density at radius 3 is 2.33 bits per heavy atom. The van der Waals surface area contributed by atoms with Crippen LogP contribution in [0.25, 0.3) is 5.69 Å². The molecule has 156 valence electrons. The van der Waals surface area contributed by atoms with Crippen LogP contribution in [0.3, 0.4) is 0 Å². The first-order valence-electron chi connectivity index (χ1n) is 8.80. The van der Waals surface area contributed by atoms with Crippen LogP contribution in [0.2, 0.25) is 0 Å². The Balaban J connectivity index is 2.10. The topological polar surface area (TPSA) is 105 Å². The Labute approximate surface area is 171 Å². The largest absolute Gasteiger partial charge is 0.461 e. The quantitative estimate of drug-likeness (QED) is 0.436. The number of rotatable bonds is 6. The van der Waals surface area contributed by atoms with Crippen LogP contribution in [-0.4, -0.2) is 30.8 Å². The molecule has 0 saturated carbocycles. The fourth-order valence-electron chi connectivity index (χ4n) is 2.48. The Bertz CT molecular complexity index is 1240. The van der Waals surface area contributed by atoms with Crippen LogP contribution in [0.4, 0.5) is 4.39 Å². The first kappa shape index (κ1) is 21.2. The van der Waals surface area contributed by atoms with Crippen molar-refractivity contribution in [3.05, 3.63) is 82.0 Å². The average molecular weight is 432 g/mol. The molecule has 0 aliphatic heterocycles. The predicted octanol–water partition coefficient (Wildman–Crippen LogP) is 2.62. The molecule has 8 nitrogen and oxygen atoms in total. The van der Waals surface area contributed by atoms with E-state index in [4.69, 9.17) is 8.92 Å². The van der Waals surface area contributed by atoms with Crippen molar-refractivity contribution in [2.45, 2.75) is 18.7 Å². The molecule has 0 radical (unpaired) electrons. The molecule has 0 bridgehead atoms. The summed E-state index contributed by atoms with van der Waals surface area (Å²) in [5.41, 5.74) is -0.301. The van der Waals surface area contributed by atoms with Crippen molar-refractivity contribution in [2.24, 2.45) is 0 Å². The normalized spacial score (nSPS) is 11.2. The van der Waals surface area contributed by atoms with Crippen LogP contribution in [0.5, 0.6) is 5.75 Å². The van der Waals surface area contributed by atoms with Gasteiger partial charge in [0.15, 0.2) is 5.75 Å². The van der Waals surface area contributed by atoms with E-state index in [-0.39, 0.29) is 17.2 Å². The molecular weight excluding hydrogens is 415 g/mol. The second kappa shape index (κ2) is 8.46. The van der Waals surface area contributed by atoms with E-state index in [1.54, 1.807) is 26.0 Å². The summed E-state index contributed by atoms with van der Waals surface area (Å²) in [6.07, 6.45) is 0. The maximum absolute atomic E-state index is 13.2. The second-order valence-electron chi connectivity index (χ2n) is 6.15. The van der Waals surface area contributed by atoms with E-state index >= 15 is 0 Å². The molecular formula is C20H17FN2O6S. The Morgan fingerprint density at radius 1 is 1.10 bits per heavy atom. The van der Waals surface area contributed by atoms with E-state index in [0.717, 1.165) is 28.4 Å². The number of esters is 1. The summed E-state index contributed by atoms with van der Waals surface area (Å²) >= 11 is 0. The van der Waals surface area contributed by atoms with Crippen LogP contribution in [0, 0.1) is 12.7 Å². The van der Waals surface area contributed by atoms with E-state index < -0.39 is 38.9 Å². The maximum atomic E-state index is 13.2. The lowest BCUT2D eigenvalue weighted by Crippen LogP contribution is -2.26. The molecule has 0 aliphatic carbocycles. The van der Waals surface area contributed by atoms with E-state index in [2.05, 4.69) is 5.10 Å². The number of aryl methyl sites for hydroxylation is 1. The smallest absolute Gasteiger partial charge is 0.362 e. The highest BCUT2D eigenvalue weighted by atomic mass is 32.2. The summed E-state index contributed by atoms with van der Waals surface area (Å²) < 4.78 is 49.1. The highest BCUT2D eigenvalue weighted by Crippen LogP contribution is 2.22. The number of carbonyl (C=O) groups excluding carboxylic acids is 1. The van der Waals surface area contributed by atoms with Crippen LogP contribution in [0.15, 0.2) is 64.3 Å². The number of aromatic nitrogens is 2. The minimum Gasteiger partial charge on any atom is -0.461 e. The second-order valence-corrected chi connectivity index (χ2v) is 7.70.